The molecule has 0 bridgehead atoms. The molecule has 0 spiro atoms. The number of esters is 1. The minimum Gasteiger partial charge on any atom is -0.469 e. The fourth-order valence-corrected chi connectivity index (χ4v) is 1.29. The molecule has 0 saturated heterocycles. The van der Waals surface area contributed by atoms with Gasteiger partial charge in [0.2, 0.25) is 0 Å². The smallest absolute Gasteiger partial charge is 0.305 e. The summed E-state index contributed by atoms with van der Waals surface area (Å²) in [6.45, 7) is 0.847. The zero-order valence-corrected chi connectivity index (χ0v) is 9.48. The zero-order chi connectivity index (χ0) is 11.6. The second kappa shape index (κ2) is 7.62. The normalized spacial score (nSPS) is 9.81. The maximum absolute atomic E-state index is 10.8. The van der Waals surface area contributed by atoms with Gasteiger partial charge >= 0.3 is 5.97 Å². The SMILES string of the molecule is COC(=O)CCCCCNc1cccnn1. The number of rotatable bonds is 7. The highest BCUT2D eigenvalue weighted by Crippen LogP contribution is 2.03. The van der Waals surface area contributed by atoms with Gasteiger partial charge in [0.25, 0.3) is 0 Å². The van der Waals surface area contributed by atoms with E-state index in [1.54, 1.807) is 6.20 Å². The average Bonchev–Trinajstić information content (AvgIpc) is 2.34. The number of nitrogens with one attached hydrogen (secondary N) is 1. The fraction of sp³-hybridized carbons (Fsp3) is 0.545. The van der Waals surface area contributed by atoms with Crippen LogP contribution in [0, 0.1) is 0 Å². The first-order valence-electron chi connectivity index (χ1n) is 5.41. The van der Waals surface area contributed by atoms with Crippen LogP contribution in [-0.4, -0.2) is 29.8 Å². The highest BCUT2D eigenvalue weighted by molar-refractivity contribution is 5.68. The Balaban J connectivity index is 1.98. The summed E-state index contributed by atoms with van der Waals surface area (Å²) < 4.78 is 4.55. The Bertz CT molecular complexity index is 303. The molecule has 88 valence electrons. The van der Waals surface area contributed by atoms with Crippen LogP contribution >= 0.6 is 0 Å². The van der Waals surface area contributed by atoms with E-state index in [1.165, 1.54) is 7.11 Å². The van der Waals surface area contributed by atoms with E-state index in [0.717, 1.165) is 31.6 Å². The number of aromatic nitrogens is 2. The Morgan fingerprint density at radius 3 is 3.00 bits per heavy atom. The Hall–Kier alpha value is -1.65. The average molecular weight is 223 g/mol. The van der Waals surface area contributed by atoms with E-state index >= 15 is 0 Å². The molecule has 0 fully saturated rings. The Labute approximate surface area is 95.2 Å². The van der Waals surface area contributed by atoms with Gasteiger partial charge in [-0.1, -0.05) is 6.42 Å². The largest absolute Gasteiger partial charge is 0.469 e. The molecule has 5 nitrogen and oxygen atoms in total. The van der Waals surface area contributed by atoms with Crippen molar-refractivity contribution in [3.63, 3.8) is 0 Å². The number of carbonyl (C=O) groups is 1. The van der Waals surface area contributed by atoms with Crippen LogP contribution in [0.4, 0.5) is 5.82 Å². The van der Waals surface area contributed by atoms with Gasteiger partial charge in [0.15, 0.2) is 0 Å². The van der Waals surface area contributed by atoms with Gasteiger partial charge in [-0.25, -0.2) is 0 Å². The van der Waals surface area contributed by atoms with Gasteiger partial charge in [-0.2, -0.15) is 5.10 Å². The molecule has 0 unspecified atom stereocenters. The van der Waals surface area contributed by atoms with Crippen molar-refractivity contribution in [3.8, 4) is 0 Å². The van der Waals surface area contributed by atoms with Crippen LogP contribution in [0.15, 0.2) is 18.3 Å². The van der Waals surface area contributed by atoms with E-state index in [1.807, 2.05) is 12.1 Å². The van der Waals surface area contributed by atoms with Crippen molar-refractivity contribution < 1.29 is 9.53 Å². The third kappa shape index (κ3) is 5.29. The molecule has 0 aliphatic rings. The second-order valence-corrected chi connectivity index (χ2v) is 3.42. The molecule has 0 atom stereocenters. The number of carbonyl (C=O) groups excluding carboxylic acids is 1. The monoisotopic (exact) mass is 223 g/mol. The lowest BCUT2D eigenvalue weighted by Gasteiger charge is -2.03. The second-order valence-electron chi connectivity index (χ2n) is 3.42. The number of methoxy groups -OCH3 is 1. The summed E-state index contributed by atoms with van der Waals surface area (Å²) in [5.74, 6) is 0.650. The van der Waals surface area contributed by atoms with Crippen LogP contribution in [0.5, 0.6) is 0 Å². The van der Waals surface area contributed by atoms with Gasteiger partial charge in [0, 0.05) is 19.2 Å². The number of hydrogen-bond donors (Lipinski definition) is 1. The lowest BCUT2D eigenvalue weighted by atomic mass is 10.2. The fourth-order valence-electron chi connectivity index (χ4n) is 1.29. The molecule has 0 radical (unpaired) electrons. The Kier molecular flexibility index (Phi) is 5.91. The van der Waals surface area contributed by atoms with Crippen LogP contribution in [0.3, 0.4) is 0 Å². The maximum Gasteiger partial charge on any atom is 0.305 e. The Morgan fingerprint density at radius 2 is 2.31 bits per heavy atom. The highest BCUT2D eigenvalue weighted by Gasteiger charge is 1.99. The van der Waals surface area contributed by atoms with E-state index in [9.17, 15) is 4.79 Å². The number of ether oxygens (including phenoxy) is 1. The van der Waals surface area contributed by atoms with Crippen LogP contribution in [0.25, 0.3) is 0 Å². The zero-order valence-electron chi connectivity index (χ0n) is 9.48. The first kappa shape index (κ1) is 12.4. The molecule has 1 rings (SSSR count). The van der Waals surface area contributed by atoms with Gasteiger partial charge in [-0.15, -0.1) is 5.10 Å². The molecule has 1 aromatic heterocycles. The minimum absolute atomic E-state index is 0.137. The van der Waals surface area contributed by atoms with E-state index in [0.29, 0.717) is 6.42 Å². The summed E-state index contributed by atoms with van der Waals surface area (Å²) in [5, 5.41) is 10.8. The molecule has 5 heteroatoms. The molecule has 1 heterocycles. The summed E-state index contributed by atoms with van der Waals surface area (Å²) in [5.41, 5.74) is 0. The van der Waals surface area contributed by atoms with E-state index in [4.69, 9.17) is 0 Å². The molecular weight excluding hydrogens is 206 g/mol. The molecule has 0 saturated carbocycles. The standard InChI is InChI=1S/C11H17N3O2/c1-16-11(15)7-3-2-4-8-12-10-6-5-9-13-14-10/h5-6,9H,2-4,7-8H2,1H3,(H,12,14). The summed E-state index contributed by atoms with van der Waals surface area (Å²) in [6, 6.07) is 3.72. The van der Waals surface area contributed by atoms with E-state index in [-0.39, 0.29) is 5.97 Å². The third-order valence-electron chi connectivity index (χ3n) is 2.16. The molecule has 0 aromatic carbocycles. The van der Waals surface area contributed by atoms with Crippen molar-refractivity contribution in [1.82, 2.24) is 10.2 Å². The summed E-state index contributed by atoms with van der Waals surface area (Å²) >= 11 is 0. The van der Waals surface area contributed by atoms with Crippen molar-refractivity contribution in [3.05, 3.63) is 18.3 Å². The summed E-state index contributed by atoms with van der Waals surface area (Å²) in [4.78, 5) is 10.8. The topological polar surface area (TPSA) is 64.1 Å². The van der Waals surface area contributed by atoms with Crippen LogP contribution in [0.1, 0.15) is 25.7 Å². The molecule has 1 N–H and O–H groups in total. The molecular formula is C11H17N3O2. The number of nitrogens with zero attached hydrogens (tertiary/aromatic N) is 2. The van der Waals surface area contributed by atoms with Gasteiger partial charge in [-0.3, -0.25) is 4.79 Å². The van der Waals surface area contributed by atoms with Crippen molar-refractivity contribution in [2.24, 2.45) is 0 Å². The molecule has 1 aromatic rings. The first-order chi connectivity index (χ1) is 7.83. The van der Waals surface area contributed by atoms with Crippen molar-refractivity contribution in [2.45, 2.75) is 25.7 Å². The van der Waals surface area contributed by atoms with Crippen LogP contribution < -0.4 is 5.32 Å². The number of hydrogen-bond acceptors (Lipinski definition) is 5. The third-order valence-corrected chi connectivity index (χ3v) is 2.16. The molecule has 0 amide bonds. The number of unbranched alkanes of at least 4 members (excludes halogenated alkanes) is 2. The van der Waals surface area contributed by atoms with Crippen LogP contribution in [-0.2, 0) is 9.53 Å². The van der Waals surface area contributed by atoms with Crippen molar-refractivity contribution in [1.29, 1.82) is 0 Å². The lowest BCUT2D eigenvalue weighted by molar-refractivity contribution is -0.140. The van der Waals surface area contributed by atoms with Crippen molar-refractivity contribution in [2.75, 3.05) is 19.0 Å². The summed E-state index contributed by atoms with van der Waals surface area (Å²) in [6.07, 6.45) is 5.02. The molecule has 16 heavy (non-hydrogen) atoms. The quantitative estimate of drug-likeness (QED) is 0.562. The molecule has 0 aliphatic carbocycles. The predicted octanol–water partition coefficient (Wildman–Crippen LogP) is 1.62. The predicted molar refractivity (Wildman–Crippen MR) is 61.0 cm³/mol. The maximum atomic E-state index is 10.8. The minimum atomic E-state index is -0.137. The van der Waals surface area contributed by atoms with E-state index < -0.39 is 0 Å². The van der Waals surface area contributed by atoms with Gasteiger partial charge in [0.05, 0.1) is 7.11 Å². The van der Waals surface area contributed by atoms with Gasteiger partial charge < -0.3 is 10.1 Å². The van der Waals surface area contributed by atoms with E-state index in [2.05, 4.69) is 20.3 Å². The van der Waals surface area contributed by atoms with Gasteiger partial charge in [-0.05, 0) is 25.0 Å². The van der Waals surface area contributed by atoms with Crippen LogP contribution in [0.2, 0.25) is 0 Å². The highest BCUT2D eigenvalue weighted by atomic mass is 16.5. The first-order valence-corrected chi connectivity index (χ1v) is 5.41. The number of anilines is 1. The Morgan fingerprint density at radius 1 is 1.44 bits per heavy atom. The van der Waals surface area contributed by atoms with Gasteiger partial charge in [0.1, 0.15) is 5.82 Å². The molecule has 0 aliphatic heterocycles. The summed E-state index contributed by atoms with van der Waals surface area (Å²) in [7, 11) is 1.41. The van der Waals surface area contributed by atoms with Crippen molar-refractivity contribution >= 4 is 11.8 Å². The lowest BCUT2D eigenvalue weighted by Crippen LogP contribution is -2.04.